The molecular formula is C13H16N2O3S2. The van der Waals surface area contributed by atoms with Gasteiger partial charge in [-0.2, -0.15) is 0 Å². The number of hydrogen-bond donors (Lipinski definition) is 1. The van der Waals surface area contributed by atoms with Crippen LogP contribution in [0.1, 0.15) is 11.5 Å². The number of benzene rings is 1. The van der Waals surface area contributed by atoms with Gasteiger partial charge in [0, 0.05) is 13.1 Å². The van der Waals surface area contributed by atoms with E-state index < -0.39 is 15.8 Å². The molecule has 7 heteroatoms. The zero-order valence-electron chi connectivity index (χ0n) is 10.9. The van der Waals surface area contributed by atoms with E-state index in [1.807, 2.05) is 18.2 Å². The normalized spacial score (nSPS) is 19.3. The number of thiocarbonyl (C=S) groups is 1. The molecule has 1 amide bonds. The van der Waals surface area contributed by atoms with Crippen LogP contribution >= 0.6 is 12.2 Å². The Morgan fingerprint density at radius 1 is 1.20 bits per heavy atom. The van der Waals surface area contributed by atoms with Gasteiger partial charge in [-0.3, -0.25) is 4.79 Å². The average Bonchev–Trinajstić information content (AvgIpc) is 2.39. The zero-order valence-corrected chi connectivity index (χ0v) is 12.5. The Morgan fingerprint density at radius 3 is 2.25 bits per heavy atom. The second kappa shape index (κ2) is 5.88. The summed E-state index contributed by atoms with van der Waals surface area (Å²) in [7, 11) is -3.02. The van der Waals surface area contributed by atoms with E-state index in [0.717, 1.165) is 5.56 Å². The average molecular weight is 312 g/mol. The molecule has 20 heavy (non-hydrogen) atoms. The van der Waals surface area contributed by atoms with Gasteiger partial charge in [-0.15, -0.1) is 0 Å². The predicted octanol–water partition coefficient (Wildman–Crippen LogP) is 0.313. The molecular weight excluding hydrogens is 296 g/mol. The van der Waals surface area contributed by atoms with E-state index >= 15 is 0 Å². The van der Waals surface area contributed by atoms with Crippen molar-refractivity contribution in [2.75, 3.05) is 24.6 Å². The topological polar surface area (TPSA) is 80.5 Å². The standard InChI is InChI=1S/C13H16N2O3S2/c14-12(19)11(10-4-2-1-3-5-10)13(16)15-6-8-20(17,18)9-7-15/h1-5,11H,6-9H2,(H2,14,19). The van der Waals surface area contributed by atoms with Gasteiger partial charge in [0.05, 0.1) is 16.5 Å². The number of hydrogen-bond acceptors (Lipinski definition) is 4. The molecule has 0 radical (unpaired) electrons. The lowest BCUT2D eigenvalue weighted by Crippen LogP contribution is -2.47. The third-order valence-electron chi connectivity index (χ3n) is 3.32. The van der Waals surface area contributed by atoms with Crippen LogP contribution < -0.4 is 5.73 Å². The molecule has 2 rings (SSSR count). The van der Waals surface area contributed by atoms with Crippen LogP contribution in [0.3, 0.4) is 0 Å². The molecule has 1 saturated heterocycles. The van der Waals surface area contributed by atoms with Crippen LogP contribution in [-0.2, 0) is 14.6 Å². The fraction of sp³-hybridized carbons (Fsp3) is 0.385. The highest BCUT2D eigenvalue weighted by Gasteiger charge is 2.32. The summed E-state index contributed by atoms with van der Waals surface area (Å²) in [6, 6.07) is 9.06. The van der Waals surface area contributed by atoms with Gasteiger partial charge in [-0.05, 0) is 5.56 Å². The van der Waals surface area contributed by atoms with E-state index in [1.54, 1.807) is 12.1 Å². The first kappa shape index (κ1) is 14.9. The summed E-state index contributed by atoms with van der Waals surface area (Å²) in [6.45, 7) is 0.403. The minimum atomic E-state index is -3.02. The Labute approximate surface area is 123 Å². The maximum atomic E-state index is 12.5. The molecule has 1 aliphatic rings. The van der Waals surface area contributed by atoms with E-state index in [9.17, 15) is 13.2 Å². The SMILES string of the molecule is NC(=S)C(C(=O)N1CCS(=O)(=O)CC1)c1ccccc1. The third-order valence-corrected chi connectivity index (χ3v) is 5.17. The highest BCUT2D eigenvalue weighted by atomic mass is 32.2. The summed E-state index contributed by atoms with van der Waals surface area (Å²) in [6.07, 6.45) is 0. The first-order valence-electron chi connectivity index (χ1n) is 6.24. The van der Waals surface area contributed by atoms with Crippen LogP contribution in [0.2, 0.25) is 0 Å². The molecule has 1 heterocycles. The highest BCUT2D eigenvalue weighted by molar-refractivity contribution is 7.91. The summed E-state index contributed by atoms with van der Waals surface area (Å²) < 4.78 is 22.8. The van der Waals surface area contributed by atoms with Crippen molar-refractivity contribution >= 4 is 33.0 Å². The molecule has 2 N–H and O–H groups in total. The summed E-state index contributed by atoms with van der Waals surface area (Å²) in [5.41, 5.74) is 6.43. The first-order chi connectivity index (χ1) is 9.41. The Hall–Kier alpha value is -1.47. The lowest BCUT2D eigenvalue weighted by atomic mass is 9.97. The lowest BCUT2D eigenvalue weighted by Gasteiger charge is -2.30. The summed E-state index contributed by atoms with van der Waals surface area (Å²) in [5, 5.41) is 0. The van der Waals surface area contributed by atoms with Crippen molar-refractivity contribution in [2.45, 2.75) is 5.92 Å². The number of carbonyl (C=O) groups excluding carboxylic acids is 1. The fourth-order valence-corrected chi connectivity index (χ4v) is 3.63. The van der Waals surface area contributed by atoms with E-state index in [1.165, 1.54) is 4.90 Å². The van der Waals surface area contributed by atoms with Crippen LogP contribution in [0.15, 0.2) is 30.3 Å². The Kier molecular flexibility index (Phi) is 4.39. The Bertz CT molecular complexity index is 600. The number of sulfone groups is 1. The minimum absolute atomic E-state index is 0.00240. The number of carbonyl (C=O) groups is 1. The highest BCUT2D eigenvalue weighted by Crippen LogP contribution is 2.20. The van der Waals surface area contributed by atoms with Gasteiger partial charge >= 0.3 is 0 Å². The molecule has 0 spiro atoms. The van der Waals surface area contributed by atoms with Gasteiger partial charge in [0.25, 0.3) is 0 Å². The van der Waals surface area contributed by atoms with Gasteiger partial charge in [0.15, 0.2) is 9.84 Å². The van der Waals surface area contributed by atoms with E-state index in [4.69, 9.17) is 18.0 Å². The van der Waals surface area contributed by atoms with Crippen LogP contribution in [0.4, 0.5) is 0 Å². The van der Waals surface area contributed by atoms with E-state index in [-0.39, 0.29) is 35.5 Å². The van der Waals surface area contributed by atoms with Crippen molar-refractivity contribution in [3.63, 3.8) is 0 Å². The van der Waals surface area contributed by atoms with Crippen molar-refractivity contribution < 1.29 is 13.2 Å². The third kappa shape index (κ3) is 3.34. The van der Waals surface area contributed by atoms with Gasteiger partial charge in [-0.1, -0.05) is 42.5 Å². The quantitative estimate of drug-likeness (QED) is 0.813. The van der Waals surface area contributed by atoms with Crippen LogP contribution in [0, 0.1) is 0 Å². The largest absolute Gasteiger partial charge is 0.392 e. The van der Waals surface area contributed by atoms with E-state index in [2.05, 4.69) is 0 Å². The summed E-state index contributed by atoms with van der Waals surface area (Å²) in [5.74, 6) is -0.916. The maximum Gasteiger partial charge on any atom is 0.237 e. The second-order valence-electron chi connectivity index (χ2n) is 4.72. The predicted molar refractivity (Wildman–Crippen MR) is 81.2 cm³/mol. The number of nitrogens with two attached hydrogens (primary N) is 1. The summed E-state index contributed by atoms with van der Waals surface area (Å²) in [4.78, 5) is 14.1. The lowest BCUT2D eigenvalue weighted by molar-refractivity contribution is -0.130. The molecule has 5 nitrogen and oxygen atoms in total. The van der Waals surface area contributed by atoms with Gasteiger partial charge in [0.1, 0.15) is 5.92 Å². The molecule has 0 bridgehead atoms. The fourth-order valence-electron chi connectivity index (χ4n) is 2.19. The number of nitrogens with zero attached hydrogens (tertiary/aromatic N) is 1. The molecule has 1 fully saturated rings. The van der Waals surface area contributed by atoms with Gasteiger partial charge < -0.3 is 10.6 Å². The smallest absolute Gasteiger partial charge is 0.237 e. The van der Waals surface area contributed by atoms with Crippen molar-refractivity contribution in [3.05, 3.63) is 35.9 Å². The van der Waals surface area contributed by atoms with Gasteiger partial charge in [-0.25, -0.2) is 8.42 Å². The van der Waals surface area contributed by atoms with E-state index in [0.29, 0.717) is 0 Å². The maximum absolute atomic E-state index is 12.5. The van der Waals surface area contributed by atoms with Gasteiger partial charge in [0.2, 0.25) is 5.91 Å². The molecule has 1 aromatic rings. The van der Waals surface area contributed by atoms with Crippen molar-refractivity contribution in [1.82, 2.24) is 4.90 Å². The Morgan fingerprint density at radius 2 is 1.75 bits per heavy atom. The molecule has 1 aromatic carbocycles. The zero-order chi connectivity index (χ0) is 14.8. The minimum Gasteiger partial charge on any atom is -0.392 e. The molecule has 1 atom stereocenters. The molecule has 108 valence electrons. The molecule has 0 aromatic heterocycles. The molecule has 1 unspecified atom stereocenters. The number of rotatable bonds is 3. The summed E-state index contributed by atoms with van der Waals surface area (Å²) >= 11 is 5.00. The second-order valence-corrected chi connectivity index (χ2v) is 7.50. The monoisotopic (exact) mass is 312 g/mol. The van der Waals surface area contributed by atoms with Crippen LogP contribution in [0.5, 0.6) is 0 Å². The Balaban J connectivity index is 2.19. The van der Waals surface area contributed by atoms with Crippen molar-refractivity contribution in [3.8, 4) is 0 Å². The molecule has 1 aliphatic heterocycles. The molecule has 0 aliphatic carbocycles. The number of amides is 1. The van der Waals surface area contributed by atoms with Crippen LogP contribution in [-0.4, -0.2) is 48.8 Å². The van der Waals surface area contributed by atoms with Crippen molar-refractivity contribution in [2.24, 2.45) is 5.73 Å². The first-order valence-corrected chi connectivity index (χ1v) is 8.47. The molecule has 0 saturated carbocycles. The van der Waals surface area contributed by atoms with Crippen LogP contribution in [0.25, 0.3) is 0 Å². The van der Waals surface area contributed by atoms with Crippen molar-refractivity contribution in [1.29, 1.82) is 0 Å².